The van der Waals surface area contributed by atoms with Crippen LogP contribution >= 0.6 is 0 Å². The monoisotopic (exact) mass is 265 g/mol. The predicted molar refractivity (Wildman–Crippen MR) is 76.2 cm³/mol. The number of aromatic nitrogens is 2. The van der Waals surface area contributed by atoms with E-state index < -0.39 is 0 Å². The van der Waals surface area contributed by atoms with E-state index in [1.807, 2.05) is 0 Å². The van der Waals surface area contributed by atoms with Crippen molar-refractivity contribution in [3.63, 3.8) is 0 Å². The van der Waals surface area contributed by atoms with Gasteiger partial charge in [-0.3, -0.25) is 0 Å². The van der Waals surface area contributed by atoms with E-state index in [1.165, 1.54) is 32.0 Å². The largest absolute Gasteiger partial charge is 0.490 e. The Morgan fingerprint density at radius 2 is 2.16 bits per heavy atom. The summed E-state index contributed by atoms with van der Waals surface area (Å²) in [5.74, 6) is 8.28. The number of nitrogens with two attached hydrogens (primary N) is 1. The fourth-order valence-electron chi connectivity index (χ4n) is 2.72. The molecule has 3 N–H and O–H groups in total. The number of hydrazine groups is 1. The minimum Gasteiger partial charge on any atom is -0.490 e. The Hall–Kier alpha value is -1.56. The molecule has 0 atom stereocenters. The molecule has 1 fully saturated rings. The highest BCUT2D eigenvalue weighted by molar-refractivity contribution is 5.64. The van der Waals surface area contributed by atoms with E-state index >= 15 is 0 Å². The summed E-state index contributed by atoms with van der Waals surface area (Å²) in [6, 6.07) is 0. The lowest BCUT2D eigenvalue weighted by Crippen LogP contribution is -2.34. The second-order valence-corrected chi connectivity index (χ2v) is 4.94. The van der Waals surface area contributed by atoms with Gasteiger partial charge in [0, 0.05) is 13.1 Å². The fourth-order valence-corrected chi connectivity index (χ4v) is 2.72. The van der Waals surface area contributed by atoms with Gasteiger partial charge in [0.25, 0.3) is 0 Å². The fraction of sp³-hybridized carbons (Fsp3) is 0.692. The lowest BCUT2D eigenvalue weighted by atomic mass is 9.92. The van der Waals surface area contributed by atoms with Crippen molar-refractivity contribution in [2.24, 2.45) is 11.8 Å². The van der Waals surface area contributed by atoms with Gasteiger partial charge in [-0.15, -0.1) is 0 Å². The van der Waals surface area contributed by atoms with Crippen molar-refractivity contribution in [2.45, 2.75) is 32.6 Å². The summed E-state index contributed by atoms with van der Waals surface area (Å²) in [5, 5.41) is 0. The van der Waals surface area contributed by atoms with Gasteiger partial charge in [0.15, 0.2) is 11.6 Å². The van der Waals surface area contributed by atoms with Gasteiger partial charge in [-0.05, 0) is 18.8 Å². The Bertz CT molecular complexity index is 404. The number of nitrogens with zero attached hydrogens (tertiary/aromatic N) is 3. The number of piperidine rings is 1. The van der Waals surface area contributed by atoms with Crippen LogP contribution in [0.1, 0.15) is 32.6 Å². The maximum Gasteiger partial charge on any atom is 0.205 e. The van der Waals surface area contributed by atoms with Crippen LogP contribution in [0.4, 0.5) is 11.6 Å². The summed E-state index contributed by atoms with van der Waals surface area (Å²) >= 11 is 0. The molecule has 0 saturated carbocycles. The number of hydrogen-bond donors (Lipinski definition) is 2. The number of anilines is 2. The molecule has 19 heavy (non-hydrogen) atoms. The third-order valence-electron chi connectivity index (χ3n) is 3.74. The summed E-state index contributed by atoms with van der Waals surface area (Å²) < 4.78 is 5.39. The van der Waals surface area contributed by atoms with Crippen molar-refractivity contribution in [1.29, 1.82) is 0 Å². The van der Waals surface area contributed by atoms with Crippen LogP contribution in [0, 0.1) is 5.92 Å². The average Bonchev–Trinajstić information content (AvgIpc) is 2.47. The van der Waals surface area contributed by atoms with Gasteiger partial charge >= 0.3 is 0 Å². The zero-order valence-electron chi connectivity index (χ0n) is 11.7. The number of rotatable bonds is 5. The molecular formula is C13H23N5O. The standard InChI is InChI=1S/C13H23N5O/c1-3-4-10-5-7-18(8-6-10)13-11(19-2)12(17-14)15-9-16-13/h9-10H,3-8,14H2,1-2H3,(H,15,16,17). The highest BCUT2D eigenvalue weighted by Gasteiger charge is 2.23. The molecule has 2 rings (SSSR count). The molecule has 6 heteroatoms. The summed E-state index contributed by atoms with van der Waals surface area (Å²) in [5.41, 5.74) is 2.55. The first-order valence-corrected chi connectivity index (χ1v) is 6.90. The van der Waals surface area contributed by atoms with Crippen LogP contribution in [0.3, 0.4) is 0 Å². The van der Waals surface area contributed by atoms with Crippen molar-refractivity contribution in [3.8, 4) is 5.75 Å². The third-order valence-corrected chi connectivity index (χ3v) is 3.74. The maximum absolute atomic E-state index is 5.45. The molecule has 106 valence electrons. The Morgan fingerprint density at radius 3 is 2.74 bits per heavy atom. The van der Waals surface area contributed by atoms with Crippen molar-refractivity contribution in [3.05, 3.63) is 6.33 Å². The molecule has 0 unspecified atom stereocenters. The molecule has 0 radical (unpaired) electrons. The van der Waals surface area contributed by atoms with Gasteiger partial charge in [-0.2, -0.15) is 0 Å². The van der Waals surface area contributed by atoms with Crippen LogP contribution in [0.5, 0.6) is 5.75 Å². The number of hydrogen-bond acceptors (Lipinski definition) is 6. The quantitative estimate of drug-likeness (QED) is 0.624. The van der Waals surface area contributed by atoms with E-state index in [9.17, 15) is 0 Å². The first-order valence-electron chi connectivity index (χ1n) is 6.90. The lowest BCUT2D eigenvalue weighted by Gasteiger charge is -2.33. The van der Waals surface area contributed by atoms with Crippen LogP contribution in [0.2, 0.25) is 0 Å². The van der Waals surface area contributed by atoms with Gasteiger partial charge in [0.2, 0.25) is 5.75 Å². The van der Waals surface area contributed by atoms with E-state index in [1.54, 1.807) is 7.11 Å². The van der Waals surface area contributed by atoms with Gasteiger partial charge < -0.3 is 15.1 Å². The van der Waals surface area contributed by atoms with E-state index in [4.69, 9.17) is 10.6 Å². The Balaban J connectivity index is 2.11. The van der Waals surface area contributed by atoms with E-state index in [-0.39, 0.29) is 0 Å². The van der Waals surface area contributed by atoms with Gasteiger partial charge in [-0.25, -0.2) is 15.8 Å². The molecule has 0 spiro atoms. The van der Waals surface area contributed by atoms with Crippen LogP contribution < -0.4 is 20.9 Å². The number of nitrogens with one attached hydrogen (secondary N) is 1. The maximum atomic E-state index is 5.45. The molecule has 2 heterocycles. The van der Waals surface area contributed by atoms with Crippen LogP contribution in [0.25, 0.3) is 0 Å². The first kappa shape index (κ1) is 13.9. The smallest absolute Gasteiger partial charge is 0.205 e. The van der Waals surface area contributed by atoms with Gasteiger partial charge in [0.1, 0.15) is 6.33 Å². The Labute approximate surface area is 114 Å². The predicted octanol–water partition coefficient (Wildman–Crippen LogP) is 1.79. The summed E-state index contributed by atoms with van der Waals surface area (Å²) in [6.45, 7) is 4.28. The van der Waals surface area contributed by atoms with Gasteiger partial charge in [-0.1, -0.05) is 19.8 Å². The molecule has 1 aromatic rings. The topological polar surface area (TPSA) is 76.3 Å². The van der Waals surface area contributed by atoms with E-state index in [0.717, 1.165) is 24.8 Å². The zero-order chi connectivity index (χ0) is 13.7. The molecule has 1 saturated heterocycles. The molecule has 6 nitrogen and oxygen atoms in total. The zero-order valence-corrected chi connectivity index (χ0v) is 11.7. The van der Waals surface area contributed by atoms with Crippen LogP contribution in [0.15, 0.2) is 6.33 Å². The third kappa shape index (κ3) is 3.07. The Morgan fingerprint density at radius 1 is 1.42 bits per heavy atom. The molecule has 1 aromatic heterocycles. The van der Waals surface area contributed by atoms with Crippen molar-refractivity contribution >= 4 is 11.6 Å². The summed E-state index contributed by atoms with van der Waals surface area (Å²) in [4.78, 5) is 10.7. The highest BCUT2D eigenvalue weighted by Crippen LogP contribution is 2.34. The van der Waals surface area contributed by atoms with E-state index in [0.29, 0.717) is 11.6 Å². The second kappa shape index (κ2) is 6.56. The normalized spacial score (nSPS) is 16.5. The highest BCUT2D eigenvalue weighted by atomic mass is 16.5. The first-order chi connectivity index (χ1) is 9.30. The summed E-state index contributed by atoms with van der Waals surface area (Å²) in [7, 11) is 1.62. The summed E-state index contributed by atoms with van der Waals surface area (Å²) in [6.07, 6.45) is 6.54. The SMILES string of the molecule is CCCC1CCN(c2ncnc(NN)c2OC)CC1. The second-order valence-electron chi connectivity index (χ2n) is 4.94. The molecule has 0 bridgehead atoms. The minimum absolute atomic E-state index is 0.531. The average molecular weight is 265 g/mol. The minimum atomic E-state index is 0.531. The van der Waals surface area contributed by atoms with E-state index in [2.05, 4.69) is 27.2 Å². The number of nitrogen functional groups attached to an aromatic ring is 1. The molecule has 0 aromatic carbocycles. The molecular weight excluding hydrogens is 242 g/mol. The van der Waals surface area contributed by atoms with Crippen LogP contribution in [-0.2, 0) is 0 Å². The molecule has 0 amide bonds. The van der Waals surface area contributed by atoms with Crippen molar-refractivity contribution in [2.75, 3.05) is 30.5 Å². The molecule has 0 aliphatic carbocycles. The van der Waals surface area contributed by atoms with Gasteiger partial charge in [0.05, 0.1) is 7.11 Å². The molecule has 1 aliphatic rings. The van der Waals surface area contributed by atoms with Crippen LogP contribution in [-0.4, -0.2) is 30.2 Å². The number of methoxy groups -OCH3 is 1. The molecule has 1 aliphatic heterocycles. The van der Waals surface area contributed by atoms with Crippen molar-refractivity contribution < 1.29 is 4.74 Å². The van der Waals surface area contributed by atoms with Crippen molar-refractivity contribution in [1.82, 2.24) is 9.97 Å². The lowest BCUT2D eigenvalue weighted by molar-refractivity contribution is 0.370. The number of ether oxygens (including phenoxy) is 1. The Kier molecular flexibility index (Phi) is 4.79.